The lowest BCUT2D eigenvalue weighted by atomic mass is 9.99. The van der Waals surface area contributed by atoms with Crippen LogP contribution >= 0.6 is 0 Å². The Bertz CT molecular complexity index is 670. The summed E-state index contributed by atoms with van der Waals surface area (Å²) in [5.74, 6) is 0.148. The van der Waals surface area contributed by atoms with E-state index in [2.05, 4.69) is 15.6 Å². The molecule has 2 N–H and O–H groups in total. The molecule has 1 aliphatic rings. The number of halogens is 1. The zero-order chi connectivity index (χ0) is 16.1. The molecule has 1 amide bonds. The van der Waals surface area contributed by atoms with Gasteiger partial charge in [-0.05, 0) is 37.1 Å². The highest BCUT2D eigenvalue weighted by molar-refractivity contribution is 5.92. The normalized spacial score (nSPS) is 15.2. The summed E-state index contributed by atoms with van der Waals surface area (Å²) in [6, 6.07) is 9.83. The maximum Gasteiger partial charge on any atom is 0.227 e. The fourth-order valence-corrected chi connectivity index (χ4v) is 2.45. The lowest BCUT2D eigenvalue weighted by molar-refractivity contribution is -0.122. The first-order valence-electron chi connectivity index (χ1n) is 7.58. The van der Waals surface area contributed by atoms with Crippen LogP contribution in [-0.4, -0.2) is 24.1 Å². The molecule has 0 spiro atoms. The topological polar surface area (TPSA) is 63.2 Å². The number of hydrogen-bond donors (Lipinski definition) is 2. The second-order valence-corrected chi connectivity index (χ2v) is 5.41. The molecule has 3 rings (SSSR count). The van der Waals surface area contributed by atoms with Gasteiger partial charge < -0.3 is 15.4 Å². The van der Waals surface area contributed by atoms with Gasteiger partial charge in [-0.15, -0.1) is 0 Å². The first-order chi connectivity index (χ1) is 11.2. The quantitative estimate of drug-likeness (QED) is 0.908. The molecule has 6 heteroatoms. The highest BCUT2D eigenvalue weighted by Gasteiger charge is 2.21. The van der Waals surface area contributed by atoms with E-state index in [0.29, 0.717) is 30.4 Å². The fourth-order valence-electron chi connectivity index (χ4n) is 2.45. The van der Waals surface area contributed by atoms with Gasteiger partial charge in [0.25, 0.3) is 0 Å². The summed E-state index contributed by atoms with van der Waals surface area (Å²) in [6.45, 7) is 1.25. The van der Waals surface area contributed by atoms with E-state index in [4.69, 9.17) is 4.74 Å². The molecular formula is C17H18FN3O2. The molecule has 2 heterocycles. The van der Waals surface area contributed by atoms with Crippen LogP contribution in [0.1, 0.15) is 12.8 Å². The minimum Gasteiger partial charge on any atom is -0.381 e. The molecule has 1 aromatic carbocycles. The van der Waals surface area contributed by atoms with Gasteiger partial charge in [0.15, 0.2) is 0 Å². The minimum atomic E-state index is -0.341. The van der Waals surface area contributed by atoms with Crippen LogP contribution in [0.3, 0.4) is 0 Å². The number of para-hydroxylation sites is 1. The molecule has 0 atom stereocenters. The van der Waals surface area contributed by atoms with Crippen molar-refractivity contribution in [1.29, 1.82) is 0 Å². The summed E-state index contributed by atoms with van der Waals surface area (Å²) in [4.78, 5) is 16.3. The third-order valence-corrected chi connectivity index (χ3v) is 3.76. The lowest BCUT2D eigenvalue weighted by Gasteiger charge is -2.21. The Hall–Kier alpha value is -2.47. The van der Waals surface area contributed by atoms with E-state index in [1.807, 2.05) is 0 Å². The summed E-state index contributed by atoms with van der Waals surface area (Å²) in [7, 11) is 0. The van der Waals surface area contributed by atoms with Crippen molar-refractivity contribution in [2.24, 2.45) is 5.92 Å². The number of pyridine rings is 1. The third-order valence-electron chi connectivity index (χ3n) is 3.76. The standard InChI is InChI=1S/C17H18FN3O2/c18-14-3-1-2-4-15(14)21-16-6-5-13(11-19-16)20-17(22)12-7-9-23-10-8-12/h1-6,11-12H,7-10H2,(H,19,21)(H,20,22). The molecule has 0 radical (unpaired) electrons. The summed E-state index contributed by atoms with van der Waals surface area (Å²) < 4.78 is 18.8. The first-order valence-corrected chi connectivity index (χ1v) is 7.58. The average Bonchev–Trinajstić information content (AvgIpc) is 2.59. The van der Waals surface area contributed by atoms with Crippen molar-refractivity contribution in [3.05, 3.63) is 48.4 Å². The highest BCUT2D eigenvalue weighted by atomic mass is 19.1. The fraction of sp³-hybridized carbons (Fsp3) is 0.294. The summed E-state index contributed by atoms with van der Waals surface area (Å²) in [6.07, 6.45) is 3.04. The Balaban J connectivity index is 1.60. The number of rotatable bonds is 4. The molecule has 0 saturated carbocycles. The van der Waals surface area contributed by atoms with Gasteiger partial charge in [0, 0.05) is 19.1 Å². The minimum absolute atomic E-state index is 0.00934. The number of carbonyl (C=O) groups is 1. The van der Waals surface area contributed by atoms with Gasteiger partial charge in [-0.2, -0.15) is 0 Å². The van der Waals surface area contributed by atoms with Gasteiger partial charge in [0.2, 0.25) is 5.91 Å². The molecule has 120 valence electrons. The van der Waals surface area contributed by atoms with Crippen LogP contribution in [0, 0.1) is 11.7 Å². The average molecular weight is 315 g/mol. The Kier molecular flexibility index (Phi) is 4.83. The second-order valence-electron chi connectivity index (χ2n) is 5.41. The predicted octanol–water partition coefficient (Wildman–Crippen LogP) is 3.33. The van der Waals surface area contributed by atoms with Crippen LogP contribution in [0.2, 0.25) is 0 Å². The van der Waals surface area contributed by atoms with Gasteiger partial charge in [-0.3, -0.25) is 4.79 Å². The largest absolute Gasteiger partial charge is 0.381 e. The van der Waals surface area contributed by atoms with Gasteiger partial charge in [0.1, 0.15) is 11.6 Å². The van der Waals surface area contributed by atoms with E-state index in [-0.39, 0.29) is 17.6 Å². The van der Waals surface area contributed by atoms with Gasteiger partial charge in [0.05, 0.1) is 17.6 Å². The molecule has 1 saturated heterocycles. The van der Waals surface area contributed by atoms with E-state index in [0.717, 1.165) is 12.8 Å². The molecule has 5 nitrogen and oxygen atoms in total. The Labute approximate surface area is 133 Å². The van der Waals surface area contributed by atoms with Crippen molar-refractivity contribution in [3.8, 4) is 0 Å². The maximum absolute atomic E-state index is 13.6. The van der Waals surface area contributed by atoms with Crippen LogP contribution in [-0.2, 0) is 9.53 Å². The molecule has 0 unspecified atom stereocenters. The maximum atomic E-state index is 13.6. The number of amides is 1. The smallest absolute Gasteiger partial charge is 0.227 e. The Morgan fingerprint density at radius 1 is 1.17 bits per heavy atom. The summed E-state index contributed by atoms with van der Waals surface area (Å²) in [5.41, 5.74) is 0.986. The van der Waals surface area contributed by atoms with Crippen LogP contribution < -0.4 is 10.6 Å². The number of nitrogens with one attached hydrogen (secondary N) is 2. The third kappa shape index (κ3) is 4.04. The molecule has 0 bridgehead atoms. The Morgan fingerprint density at radius 2 is 1.96 bits per heavy atom. The number of hydrogen-bond acceptors (Lipinski definition) is 4. The van der Waals surface area contributed by atoms with Crippen molar-refractivity contribution >= 4 is 23.1 Å². The molecule has 1 fully saturated rings. The summed E-state index contributed by atoms with van der Waals surface area (Å²) in [5, 5.41) is 5.76. The number of ether oxygens (including phenoxy) is 1. The number of nitrogens with zero attached hydrogens (tertiary/aromatic N) is 1. The van der Waals surface area contributed by atoms with Crippen LogP contribution in [0.5, 0.6) is 0 Å². The second kappa shape index (κ2) is 7.19. The molecule has 1 aliphatic heterocycles. The van der Waals surface area contributed by atoms with Crippen molar-refractivity contribution in [3.63, 3.8) is 0 Å². The van der Waals surface area contributed by atoms with Gasteiger partial charge >= 0.3 is 0 Å². The van der Waals surface area contributed by atoms with Crippen molar-refractivity contribution in [2.75, 3.05) is 23.8 Å². The van der Waals surface area contributed by atoms with Crippen LogP contribution in [0.4, 0.5) is 21.6 Å². The Morgan fingerprint density at radius 3 is 2.65 bits per heavy atom. The van der Waals surface area contributed by atoms with E-state index in [1.54, 1.807) is 36.5 Å². The lowest BCUT2D eigenvalue weighted by Crippen LogP contribution is -2.28. The molecule has 2 aromatic rings. The molecule has 0 aliphatic carbocycles. The van der Waals surface area contributed by atoms with Crippen LogP contribution in [0.15, 0.2) is 42.6 Å². The number of anilines is 3. The van der Waals surface area contributed by atoms with Crippen molar-refractivity contribution in [1.82, 2.24) is 4.98 Å². The summed E-state index contributed by atoms with van der Waals surface area (Å²) >= 11 is 0. The van der Waals surface area contributed by atoms with Crippen molar-refractivity contribution < 1.29 is 13.9 Å². The van der Waals surface area contributed by atoms with E-state index < -0.39 is 0 Å². The molecule has 1 aromatic heterocycles. The number of carbonyl (C=O) groups excluding carboxylic acids is 1. The number of aromatic nitrogens is 1. The molecular weight excluding hydrogens is 297 g/mol. The number of benzene rings is 1. The highest BCUT2D eigenvalue weighted by Crippen LogP contribution is 2.20. The zero-order valence-electron chi connectivity index (χ0n) is 12.6. The van der Waals surface area contributed by atoms with E-state index in [9.17, 15) is 9.18 Å². The van der Waals surface area contributed by atoms with E-state index >= 15 is 0 Å². The van der Waals surface area contributed by atoms with Gasteiger partial charge in [-0.1, -0.05) is 12.1 Å². The molecule has 23 heavy (non-hydrogen) atoms. The van der Waals surface area contributed by atoms with Crippen molar-refractivity contribution in [2.45, 2.75) is 12.8 Å². The van der Waals surface area contributed by atoms with E-state index in [1.165, 1.54) is 6.07 Å². The predicted molar refractivity (Wildman–Crippen MR) is 86.1 cm³/mol. The van der Waals surface area contributed by atoms with Crippen LogP contribution in [0.25, 0.3) is 0 Å². The van der Waals surface area contributed by atoms with Gasteiger partial charge in [-0.25, -0.2) is 9.37 Å². The first kappa shape index (κ1) is 15.4. The zero-order valence-corrected chi connectivity index (χ0v) is 12.6. The monoisotopic (exact) mass is 315 g/mol. The SMILES string of the molecule is O=C(Nc1ccc(Nc2ccccc2F)nc1)C1CCOCC1.